The molecule has 0 aliphatic heterocycles. The van der Waals surface area contributed by atoms with Gasteiger partial charge in [0.1, 0.15) is 0 Å². The third-order valence-corrected chi connectivity index (χ3v) is 2.61. The van der Waals surface area contributed by atoms with Crippen molar-refractivity contribution in [3.63, 3.8) is 0 Å². The zero-order valence-corrected chi connectivity index (χ0v) is 9.66. The first kappa shape index (κ1) is 11.9. The molecule has 0 atom stereocenters. The van der Waals surface area contributed by atoms with Crippen LogP contribution in [0.3, 0.4) is 0 Å². The van der Waals surface area contributed by atoms with Crippen LogP contribution in [0.1, 0.15) is 21.5 Å². The average molecular weight is 242 g/mol. The van der Waals surface area contributed by atoms with Gasteiger partial charge >= 0.3 is 0 Å². The summed E-state index contributed by atoms with van der Waals surface area (Å²) in [5, 5.41) is 10.8. The quantitative estimate of drug-likeness (QED) is 0.471. The number of carbonyl (C=O) groups excluding carboxylic acids is 1. The summed E-state index contributed by atoms with van der Waals surface area (Å²) in [5.41, 5.74) is 1.25. The van der Waals surface area contributed by atoms with E-state index in [1.165, 1.54) is 18.5 Å². The van der Waals surface area contributed by atoms with Gasteiger partial charge in [-0.3, -0.25) is 19.9 Å². The Hall–Kier alpha value is -2.56. The van der Waals surface area contributed by atoms with Crippen LogP contribution in [0.5, 0.6) is 0 Å². The van der Waals surface area contributed by atoms with Crippen molar-refractivity contribution < 1.29 is 9.72 Å². The molecule has 5 heteroatoms. The molecule has 0 aliphatic rings. The Kier molecular flexibility index (Phi) is 3.14. The number of ketones is 1. The number of aromatic nitrogens is 1. The lowest BCUT2D eigenvalue weighted by molar-refractivity contribution is -0.385. The van der Waals surface area contributed by atoms with Gasteiger partial charge in [-0.1, -0.05) is 12.1 Å². The molecular formula is C13H10N2O3. The molecular weight excluding hydrogens is 232 g/mol. The maximum Gasteiger partial charge on any atom is 0.273 e. The molecule has 0 unspecified atom stereocenters. The van der Waals surface area contributed by atoms with Gasteiger partial charge in [0.25, 0.3) is 5.69 Å². The van der Waals surface area contributed by atoms with Crippen molar-refractivity contribution in [3.8, 4) is 0 Å². The predicted molar refractivity (Wildman–Crippen MR) is 65.5 cm³/mol. The summed E-state index contributed by atoms with van der Waals surface area (Å²) < 4.78 is 0. The van der Waals surface area contributed by atoms with Gasteiger partial charge in [0.15, 0.2) is 5.78 Å². The Morgan fingerprint density at radius 1 is 1.17 bits per heavy atom. The van der Waals surface area contributed by atoms with Crippen LogP contribution >= 0.6 is 0 Å². The van der Waals surface area contributed by atoms with Crippen LogP contribution in [-0.4, -0.2) is 15.7 Å². The SMILES string of the molecule is Cc1ccc(C(=O)c2ccncc2)cc1[N+](=O)[O-]. The van der Waals surface area contributed by atoms with Gasteiger partial charge in [-0.05, 0) is 19.1 Å². The fraction of sp³-hybridized carbons (Fsp3) is 0.0769. The largest absolute Gasteiger partial charge is 0.289 e. The van der Waals surface area contributed by atoms with Crippen LogP contribution in [0.4, 0.5) is 5.69 Å². The van der Waals surface area contributed by atoms with E-state index in [1.54, 1.807) is 31.2 Å². The molecule has 0 aliphatic carbocycles. The first-order chi connectivity index (χ1) is 8.59. The number of nitrogens with zero attached hydrogens (tertiary/aromatic N) is 2. The van der Waals surface area contributed by atoms with E-state index in [2.05, 4.69) is 4.98 Å². The summed E-state index contributed by atoms with van der Waals surface area (Å²) in [6, 6.07) is 7.62. The van der Waals surface area contributed by atoms with Crippen LogP contribution in [0.25, 0.3) is 0 Å². The Morgan fingerprint density at radius 2 is 1.83 bits per heavy atom. The van der Waals surface area contributed by atoms with Gasteiger partial charge in [0.05, 0.1) is 4.92 Å². The van der Waals surface area contributed by atoms with Crippen molar-refractivity contribution in [3.05, 3.63) is 69.5 Å². The number of carbonyl (C=O) groups is 1. The highest BCUT2D eigenvalue weighted by Crippen LogP contribution is 2.21. The van der Waals surface area contributed by atoms with E-state index in [-0.39, 0.29) is 11.5 Å². The van der Waals surface area contributed by atoms with E-state index in [0.29, 0.717) is 16.7 Å². The van der Waals surface area contributed by atoms with E-state index >= 15 is 0 Å². The molecule has 0 bridgehead atoms. The number of benzene rings is 1. The van der Waals surface area contributed by atoms with E-state index in [4.69, 9.17) is 0 Å². The maximum absolute atomic E-state index is 12.1. The lowest BCUT2D eigenvalue weighted by Crippen LogP contribution is -2.03. The molecule has 1 aromatic carbocycles. The molecule has 1 aromatic heterocycles. The molecule has 0 radical (unpaired) electrons. The smallest absolute Gasteiger partial charge is 0.273 e. The lowest BCUT2D eigenvalue weighted by atomic mass is 10.0. The van der Waals surface area contributed by atoms with E-state index in [0.717, 1.165) is 0 Å². The topological polar surface area (TPSA) is 73.1 Å². The fourth-order valence-corrected chi connectivity index (χ4v) is 1.62. The summed E-state index contributed by atoms with van der Waals surface area (Å²) in [4.78, 5) is 26.2. The molecule has 2 aromatic rings. The highest BCUT2D eigenvalue weighted by molar-refractivity contribution is 6.09. The number of rotatable bonds is 3. The number of hydrogen-bond acceptors (Lipinski definition) is 4. The van der Waals surface area contributed by atoms with Crippen LogP contribution in [0.15, 0.2) is 42.7 Å². The molecule has 0 fully saturated rings. The molecule has 2 rings (SSSR count). The van der Waals surface area contributed by atoms with Gasteiger partial charge in [0, 0.05) is 35.2 Å². The van der Waals surface area contributed by atoms with Crippen LogP contribution in [0.2, 0.25) is 0 Å². The molecule has 1 heterocycles. The lowest BCUT2D eigenvalue weighted by Gasteiger charge is -2.02. The standard InChI is InChI=1S/C13H10N2O3/c1-9-2-3-11(8-12(9)15(17)18)13(16)10-4-6-14-7-5-10/h2-8H,1H3. The molecule has 18 heavy (non-hydrogen) atoms. The van der Waals surface area contributed by atoms with Gasteiger partial charge in [-0.2, -0.15) is 0 Å². The van der Waals surface area contributed by atoms with E-state index < -0.39 is 4.92 Å². The molecule has 0 spiro atoms. The predicted octanol–water partition coefficient (Wildman–Crippen LogP) is 2.53. The van der Waals surface area contributed by atoms with Gasteiger partial charge in [0.2, 0.25) is 0 Å². The number of hydrogen-bond donors (Lipinski definition) is 0. The average Bonchev–Trinajstić information content (AvgIpc) is 2.39. The van der Waals surface area contributed by atoms with E-state index in [9.17, 15) is 14.9 Å². The maximum atomic E-state index is 12.1. The zero-order chi connectivity index (χ0) is 13.1. The van der Waals surface area contributed by atoms with Gasteiger partial charge in [-0.15, -0.1) is 0 Å². The summed E-state index contributed by atoms with van der Waals surface area (Å²) in [6.45, 7) is 1.64. The Labute approximate surface area is 103 Å². The molecule has 0 saturated carbocycles. The second-order valence-corrected chi connectivity index (χ2v) is 3.82. The van der Waals surface area contributed by atoms with Crippen molar-refractivity contribution >= 4 is 11.5 Å². The second-order valence-electron chi connectivity index (χ2n) is 3.82. The van der Waals surface area contributed by atoms with Crippen molar-refractivity contribution in [2.75, 3.05) is 0 Å². The first-order valence-electron chi connectivity index (χ1n) is 5.29. The van der Waals surface area contributed by atoms with Crippen molar-refractivity contribution in [1.82, 2.24) is 4.98 Å². The molecule has 0 saturated heterocycles. The van der Waals surface area contributed by atoms with Crippen LogP contribution in [-0.2, 0) is 0 Å². The van der Waals surface area contributed by atoms with Crippen molar-refractivity contribution in [1.29, 1.82) is 0 Å². The van der Waals surface area contributed by atoms with Gasteiger partial charge < -0.3 is 0 Å². The summed E-state index contributed by atoms with van der Waals surface area (Å²) >= 11 is 0. The highest BCUT2D eigenvalue weighted by atomic mass is 16.6. The second kappa shape index (κ2) is 4.75. The first-order valence-corrected chi connectivity index (χ1v) is 5.29. The van der Waals surface area contributed by atoms with Crippen LogP contribution < -0.4 is 0 Å². The number of nitro groups is 1. The normalized spacial score (nSPS) is 10.1. The van der Waals surface area contributed by atoms with Crippen molar-refractivity contribution in [2.45, 2.75) is 6.92 Å². The Morgan fingerprint density at radius 3 is 2.44 bits per heavy atom. The minimum Gasteiger partial charge on any atom is -0.289 e. The summed E-state index contributed by atoms with van der Waals surface area (Å²) in [7, 11) is 0. The zero-order valence-electron chi connectivity index (χ0n) is 9.66. The van der Waals surface area contributed by atoms with Crippen LogP contribution in [0, 0.1) is 17.0 Å². The Balaban J connectivity index is 2.44. The minimum absolute atomic E-state index is 0.0464. The van der Waals surface area contributed by atoms with Crippen molar-refractivity contribution in [2.24, 2.45) is 0 Å². The number of nitro benzene ring substituents is 1. The third kappa shape index (κ3) is 2.24. The minimum atomic E-state index is -0.487. The highest BCUT2D eigenvalue weighted by Gasteiger charge is 2.15. The summed E-state index contributed by atoms with van der Waals surface area (Å²) in [5.74, 6) is -0.250. The molecule has 90 valence electrons. The third-order valence-electron chi connectivity index (χ3n) is 2.61. The molecule has 0 N–H and O–H groups in total. The fourth-order valence-electron chi connectivity index (χ4n) is 1.62. The monoisotopic (exact) mass is 242 g/mol. The number of pyridine rings is 1. The molecule has 0 amide bonds. The molecule has 5 nitrogen and oxygen atoms in total. The Bertz CT molecular complexity index is 609. The number of aryl methyl sites for hydroxylation is 1. The van der Waals surface area contributed by atoms with E-state index in [1.807, 2.05) is 0 Å². The summed E-state index contributed by atoms with van der Waals surface area (Å²) in [6.07, 6.45) is 3.02. The van der Waals surface area contributed by atoms with Gasteiger partial charge in [-0.25, -0.2) is 0 Å².